The number of hydrogen-bond donors (Lipinski definition) is 2. The van der Waals surface area contributed by atoms with Crippen LogP contribution in [0.25, 0.3) is 0 Å². The zero-order valence-corrected chi connectivity index (χ0v) is 13.0. The molecule has 0 aromatic rings. The lowest BCUT2D eigenvalue weighted by molar-refractivity contribution is -0.141. The molecule has 1 heterocycles. The fourth-order valence-corrected chi connectivity index (χ4v) is 1.95. The molecule has 1 saturated heterocycles. The number of rotatable bonds is 7. The van der Waals surface area contributed by atoms with Crippen LogP contribution < -0.4 is 10.6 Å². The Hall–Kier alpha value is -1.14. The van der Waals surface area contributed by atoms with Crippen molar-refractivity contribution in [2.24, 2.45) is 5.41 Å². The zero-order valence-electron chi connectivity index (χ0n) is 13.0. The molecule has 0 saturated carbocycles. The van der Waals surface area contributed by atoms with Gasteiger partial charge in [-0.25, -0.2) is 0 Å². The fraction of sp³-hybridized carbons (Fsp3) is 0.857. The van der Waals surface area contributed by atoms with Crippen molar-refractivity contribution in [2.75, 3.05) is 40.3 Å². The molecule has 2 amide bonds. The number of amides is 2. The van der Waals surface area contributed by atoms with Gasteiger partial charge in [-0.15, -0.1) is 0 Å². The third kappa shape index (κ3) is 5.09. The van der Waals surface area contributed by atoms with Crippen LogP contribution in [0, 0.1) is 5.41 Å². The second kappa shape index (κ2) is 7.59. The third-order valence-electron chi connectivity index (χ3n) is 3.49. The van der Waals surface area contributed by atoms with Crippen LogP contribution in [0.2, 0.25) is 0 Å². The molecule has 2 N–H and O–H groups in total. The molecule has 1 fully saturated rings. The van der Waals surface area contributed by atoms with Crippen LogP contribution in [0.4, 0.5) is 0 Å². The monoisotopic (exact) mass is 285 g/mol. The first-order valence-electron chi connectivity index (χ1n) is 7.17. The molecule has 0 aromatic carbocycles. The first-order chi connectivity index (χ1) is 9.34. The van der Waals surface area contributed by atoms with Gasteiger partial charge in [0.2, 0.25) is 11.8 Å². The summed E-state index contributed by atoms with van der Waals surface area (Å²) in [7, 11) is 3.87. The Labute approximate surface area is 121 Å². The van der Waals surface area contributed by atoms with E-state index in [0.29, 0.717) is 13.1 Å². The highest BCUT2D eigenvalue weighted by atomic mass is 16.5. The number of ether oxygens (including phenoxy) is 1. The summed E-state index contributed by atoms with van der Waals surface area (Å²) in [6.07, 6.45) is 2.09. The molecule has 1 unspecified atom stereocenters. The molecular weight excluding hydrogens is 258 g/mol. The quantitative estimate of drug-likeness (QED) is 0.645. The van der Waals surface area contributed by atoms with Gasteiger partial charge in [-0.1, -0.05) is 0 Å². The normalized spacial score (nSPS) is 19.1. The van der Waals surface area contributed by atoms with E-state index in [1.165, 1.54) is 0 Å². The lowest BCUT2D eigenvalue weighted by Gasteiger charge is -2.24. The fourth-order valence-electron chi connectivity index (χ4n) is 1.95. The first kappa shape index (κ1) is 16.9. The number of hydrogen-bond acceptors (Lipinski definition) is 4. The Morgan fingerprint density at radius 3 is 2.45 bits per heavy atom. The molecule has 116 valence electrons. The molecule has 6 nitrogen and oxygen atoms in total. The summed E-state index contributed by atoms with van der Waals surface area (Å²) in [6, 6.07) is 0. The predicted octanol–water partition coefficient (Wildman–Crippen LogP) is -0.0144. The minimum absolute atomic E-state index is 0.0894. The maximum atomic E-state index is 12.1. The van der Waals surface area contributed by atoms with Crippen LogP contribution in [0.5, 0.6) is 0 Å². The van der Waals surface area contributed by atoms with Gasteiger partial charge in [0.05, 0.1) is 6.10 Å². The van der Waals surface area contributed by atoms with Crippen LogP contribution in [0.1, 0.15) is 26.7 Å². The number of nitrogens with one attached hydrogen (secondary N) is 2. The van der Waals surface area contributed by atoms with E-state index in [9.17, 15) is 9.59 Å². The summed E-state index contributed by atoms with van der Waals surface area (Å²) < 4.78 is 5.45. The van der Waals surface area contributed by atoms with E-state index in [2.05, 4.69) is 10.6 Å². The van der Waals surface area contributed by atoms with Gasteiger partial charge in [0.25, 0.3) is 0 Å². The van der Waals surface area contributed by atoms with E-state index < -0.39 is 5.41 Å². The number of likely N-dealkylation sites (N-methyl/N-ethyl adjacent to an activating group) is 1. The van der Waals surface area contributed by atoms with Crippen LogP contribution >= 0.6 is 0 Å². The van der Waals surface area contributed by atoms with Crippen molar-refractivity contribution in [3.05, 3.63) is 0 Å². The van der Waals surface area contributed by atoms with E-state index in [0.717, 1.165) is 26.0 Å². The third-order valence-corrected chi connectivity index (χ3v) is 3.49. The molecule has 0 aliphatic carbocycles. The van der Waals surface area contributed by atoms with Crippen molar-refractivity contribution in [3.63, 3.8) is 0 Å². The number of carbonyl (C=O) groups excluding carboxylic acids is 2. The maximum Gasteiger partial charge on any atom is 0.235 e. The molecule has 1 aliphatic rings. The average molecular weight is 285 g/mol. The molecule has 0 spiro atoms. The molecule has 1 atom stereocenters. The molecule has 6 heteroatoms. The maximum absolute atomic E-state index is 12.1. The Morgan fingerprint density at radius 2 is 1.90 bits per heavy atom. The van der Waals surface area contributed by atoms with Gasteiger partial charge in [-0.3, -0.25) is 9.59 Å². The second-order valence-corrected chi connectivity index (χ2v) is 6.03. The standard InChI is InChI=1S/C14H27N3O3/c1-14(2,12(18)15-7-8-17(3)4)13(19)16-10-11-6-5-9-20-11/h11H,5-10H2,1-4H3,(H,15,18)(H,16,19). The minimum Gasteiger partial charge on any atom is -0.376 e. The predicted molar refractivity (Wildman–Crippen MR) is 77.3 cm³/mol. The SMILES string of the molecule is CN(C)CCNC(=O)C(C)(C)C(=O)NCC1CCCO1. The summed E-state index contributed by atoms with van der Waals surface area (Å²) in [5, 5.41) is 5.60. The molecule has 0 radical (unpaired) electrons. The Bertz CT molecular complexity index is 337. The molecule has 0 bridgehead atoms. The van der Waals surface area contributed by atoms with Crippen molar-refractivity contribution >= 4 is 11.8 Å². The minimum atomic E-state index is -1.06. The molecule has 1 aliphatic heterocycles. The lowest BCUT2D eigenvalue weighted by atomic mass is 9.91. The summed E-state index contributed by atoms with van der Waals surface area (Å²) in [5.74, 6) is -0.500. The zero-order chi connectivity index (χ0) is 15.2. The van der Waals surface area contributed by atoms with Gasteiger partial charge in [0.1, 0.15) is 5.41 Å². The topological polar surface area (TPSA) is 70.7 Å². The van der Waals surface area contributed by atoms with Crippen molar-refractivity contribution in [1.82, 2.24) is 15.5 Å². The molecule has 20 heavy (non-hydrogen) atoms. The number of carbonyl (C=O) groups is 2. The van der Waals surface area contributed by atoms with Crippen LogP contribution in [0.15, 0.2) is 0 Å². The van der Waals surface area contributed by atoms with Crippen LogP contribution in [-0.4, -0.2) is 63.2 Å². The molecule has 1 rings (SSSR count). The summed E-state index contributed by atoms with van der Waals surface area (Å²) in [6.45, 7) is 5.81. The number of nitrogens with zero attached hydrogens (tertiary/aromatic N) is 1. The highest BCUT2D eigenvalue weighted by Gasteiger charge is 2.36. The Morgan fingerprint density at radius 1 is 1.25 bits per heavy atom. The molecule has 0 aromatic heterocycles. The van der Waals surface area contributed by atoms with Gasteiger partial charge < -0.3 is 20.3 Å². The van der Waals surface area contributed by atoms with E-state index in [1.54, 1.807) is 13.8 Å². The van der Waals surface area contributed by atoms with E-state index >= 15 is 0 Å². The van der Waals surface area contributed by atoms with E-state index in [1.807, 2.05) is 19.0 Å². The van der Waals surface area contributed by atoms with Crippen LogP contribution in [-0.2, 0) is 14.3 Å². The van der Waals surface area contributed by atoms with Gasteiger partial charge in [-0.2, -0.15) is 0 Å². The smallest absolute Gasteiger partial charge is 0.235 e. The van der Waals surface area contributed by atoms with Gasteiger partial charge >= 0.3 is 0 Å². The summed E-state index contributed by atoms with van der Waals surface area (Å²) >= 11 is 0. The highest BCUT2D eigenvalue weighted by Crippen LogP contribution is 2.16. The van der Waals surface area contributed by atoms with E-state index in [-0.39, 0.29) is 17.9 Å². The highest BCUT2D eigenvalue weighted by molar-refractivity contribution is 6.04. The summed E-state index contributed by atoms with van der Waals surface area (Å²) in [5.41, 5.74) is -1.06. The van der Waals surface area contributed by atoms with Gasteiger partial charge in [0, 0.05) is 26.2 Å². The van der Waals surface area contributed by atoms with E-state index in [4.69, 9.17) is 4.74 Å². The van der Waals surface area contributed by atoms with Gasteiger partial charge in [0.15, 0.2) is 0 Å². The van der Waals surface area contributed by atoms with Gasteiger partial charge in [-0.05, 0) is 40.8 Å². The van der Waals surface area contributed by atoms with Crippen molar-refractivity contribution < 1.29 is 14.3 Å². The second-order valence-electron chi connectivity index (χ2n) is 6.03. The molecular formula is C14H27N3O3. The van der Waals surface area contributed by atoms with Crippen molar-refractivity contribution in [2.45, 2.75) is 32.8 Å². The largest absolute Gasteiger partial charge is 0.376 e. The lowest BCUT2D eigenvalue weighted by Crippen LogP contribution is -2.50. The average Bonchev–Trinajstić information content (AvgIpc) is 2.88. The van der Waals surface area contributed by atoms with Crippen molar-refractivity contribution in [1.29, 1.82) is 0 Å². The summed E-state index contributed by atoms with van der Waals surface area (Å²) in [4.78, 5) is 26.2. The Balaban J connectivity index is 2.36. The first-order valence-corrected chi connectivity index (χ1v) is 7.17. The Kier molecular flexibility index (Phi) is 6.42. The van der Waals surface area contributed by atoms with Crippen molar-refractivity contribution in [3.8, 4) is 0 Å². The van der Waals surface area contributed by atoms with Crippen LogP contribution in [0.3, 0.4) is 0 Å².